The lowest BCUT2D eigenvalue weighted by Gasteiger charge is -2.26. The van der Waals surface area contributed by atoms with E-state index in [0.29, 0.717) is 23.3 Å². The summed E-state index contributed by atoms with van der Waals surface area (Å²) < 4.78 is 5.35. The van der Waals surface area contributed by atoms with Gasteiger partial charge < -0.3 is 15.0 Å². The van der Waals surface area contributed by atoms with Crippen molar-refractivity contribution in [2.75, 3.05) is 16.8 Å². The fourth-order valence-corrected chi connectivity index (χ4v) is 5.83. The molecule has 1 unspecified atom stereocenters. The number of carbonyl (C=O) groups excluding carboxylic acids is 1. The van der Waals surface area contributed by atoms with Crippen molar-refractivity contribution in [3.8, 4) is 0 Å². The number of fused-ring (bicyclic) bond motifs is 2. The summed E-state index contributed by atoms with van der Waals surface area (Å²) >= 11 is 7.43. The monoisotopic (exact) mass is 400 g/mol. The average molecular weight is 401 g/mol. The van der Waals surface area contributed by atoms with E-state index in [4.69, 9.17) is 17.0 Å². The Labute approximate surface area is 169 Å². The zero-order chi connectivity index (χ0) is 19.0. The fourth-order valence-electron chi connectivity index (χ4n) is 4.11. The van der Waals surface area contributed by atoms with Gasteiger partial charge in [0.05, 0.1) is 12.2 Å². The number of benzene rings is 1. The predicted molar refractivity (Wildman–Crippen MR) is 115 cm³/mol. The summed E-state index contributed by atoms with van der Waals surface area (Å²) in [4.78, 5) is 16.1. The Morgan fingerprint density at radius 1 is 1.33 bits per heavy atom. The first-order chi connectivity index (χ1) is 13.1. The Morgan fingerprint density at radius 2 is 2.11 bits per heavy atom. The van der Waals surface area contributed by atoms with Gasteiger partial charge in [-0.15, -0.1) is 11.3 Å². The van der Waals surface area contributed by atoms with Gasteiger partial charge in [-0.05, 0) is 75.4 Å². The third-order valence-electron chi connectivity index (χ3n) is 5.30. The van der Waals surface area contributed by atoms with Gasteiger partial charge in [0, 0.05) is 16.6 Å². The summed E-state index contributed by atoms with van der Waals surface area (Å²) in [5.41, 5.74) is 4.32. The van der Waals surface area contributed by atoms with Gasteiger partial charge in [0.15, 0.2) is 5.11 Å². The molecule has 1 aliphatic heterocycles. The van der Waals surface area contributed by atoms with Gasteiger partial charge >= 0.3 is 5.97 Å². The second-order valence-corrected chi connectivity index (χ2v) is 8.61. The normalized spacial score (nSPS) is 18.0. The highest BCUT2D eigenvalue weighted by Gasteiger charge is 2.31. The number of hydrogen-bond acceptors (Lipinski definition) is 4. The Bertz CT molecular complexity index is 890. The first kappa shape index (κ1) is 18.4. The molecule has 1 aliphatic carbocycles. The Kier molecular flexibility index (Phi) is 5.19. The highest BCUT2D eigenvalue weighted by Crippen LogP contribution is 2.40. The highest BCUT2D eigenvalue weighted by molar-refractivity contribution is 7.80. The van der Waals surface area contributed by atoms with Gasteiger partial charge in [-0.25, -0.2) is 4.79 Å². The molecule has 27 heavy (non-hydrogen) atoms. The zero-order valence-electron chi connectivity index (χ0n) is 15.7. The Morgan fingerprint density at radius 3 is 2.93 bits per heavy atom. The molecule has 1 aromatic heterocycles. The second-order valence-electron chi connectivity index (χ2n) is 7.12. The average Bonchev–Trinajstić information content (AvgIpc) is 3.18. The number of carbonyl (C=O) groups is 1. The Hall–Kier alpha value is -1.92. The van der Waals surface area contributed by atoms with E-state index in [1.807, 2.05) is 13.0 Å². The van der Waals surface area contributed by atoms with E-state index >= 15 is 0 Å². The molecule has 0 saturated carbocycles. The van der Waals surface area contributed by atoms with Crippen LogP contribution in [0.5, 0.6) is 0 Å². The van der Waals surface area contributed by atoms with Gasteiger partial charge in [-0.1, -0.05) is 18.2 Å². The topological polar surface area (TPSA) is 41.6 Å². The molecule has 2 heterocycles. The number of aryl methyl sites for hydroxylation is 1. The Balaban J connectivity index is 1.65. The number of anilines is 2. The van der Waals surface area contributed by atoms with Crippen molar-refractivity contribution in [3.63, 3.8) is 0 Å². The van der Waals surface area contributed by atoms with Crippen LogP contribution in [0.3, 0.4) is 0 Å². The lowest BCUT2D eigenvalue weighted by molar-refractivity contribution is 0.0526. The number of esters is 1. The molecule has 2 aromatic rings. The summed E-state index contributed by atoms with van der Waals surface area (Å²) in [6.07, 6.45) is 5.25. The third-order valence-corrected chi connectivity index (χ3v) is 6.80. The van der Waals surface area contributed by atoms with Gasteiger partial charge in [0.25, 0.3) is 0 Å². The van der Waals surface area contributed by atoms with E-state index in [9.17, 15) is 4.79 Å². The van der Waals surface area contributed by atoms with Gasteiger partial charge in [-0.2, -0.15) is 0 Å². The number of thiocarbonyl (C=S) groups is 1. The van der Waals surface area contributed by atoms with E-state index in [1.54, 1.807) is 11.3 Å². The van der Waals surface area contributed by atoms with Crippen molar-refractivity contribution < 1.29 is 9.53 Å². The van der Waals surface area contributed by atoms with Crippen LogP contribution in [0.2, 0.25) is 0 Å². The van der Waals surface area contributed by atoms with Crippen LogP contribution in [0, 0.1) is 0 Å². The molecule has 0 spiro atoms. The lowest BCUT2D eigenvalue weighted by Crippen LogP contribution is -2.39. The summed E-state index contributed by atoms with van der Waals surface area (Å²) in [7, 11) is 0. The van der Waals surface area contributed by atoms with Crippen molar-refractivity contribution in [3.05, 3.63) is 45.8 Å². The van der Waals surface area contributed by atoms with Crippen LogP contribution < -0.4 is 10.2 Å². The van der Waals surface area contributed by atoms with Gasteiger partial charge in [0.2, 0.25) is 0 Å². The number of thiophene rings is 1. The second kappa shape index (κ2) is 7.60. The minimum atomic E-state index is -0.239. The minimum Gasteiger partial charge on any atom is -0.462 e. The first-order valence-electron chi connectivity index (χ1n) is 9.60. The van der Waals surface area contributed by atoms with Crippen LogP contribution in [0.15, 0.2) is 24.3 Å². The third kappa shape index (κ3) is 3.36. The maximum absolute atomic E-state index is 12.7. The molecule has 2 aliphatic rings. The van der Waals surface area contributed by atoms with Gasteiger partial charge in [-0.3, -0.25) is 0 Å². The van der Waals surface area contributed by atoms with E-state index < -0.39 is 0 Å². The molecule has 1 atom stereocenters. The van der Waals surface area contributed by atoms with Crippen molar-refractivity contribution in [1.29, 1.82) is 0 Å². The maximum atomic E-state index is 12.7. The van der Waals surface area contributed by atoms with Crippen LogP contribution in [0.4, 0.5) is 10.7 Å². The molecule has 0 bridgehead atoms. The lowest BCUT2D eigenvalue weighted by atomic mass is 9.95. The molecule has 6 heteroatoms. The van der Waals surface area contributed by atoms with Crippen LogP contribution in [0.25, 0.3) is 0 Å². The predicted octanol–water partition coefficient (Wildman–Crippen LogP) is 4.95. The molecule has 4 rings (SSSR count). The summed E-state index contributed by atoms with van der Waals surface area (Å²) in [6.45, 7) is 4.40. The molecule has 1 N–H and O–H groups in total. The molecular weight excluding hydrogens is 376 g/mol. The fraction of sp³-hybridized carbons (Fsp3) is 0.429. The molecule has 4 nitrogen and oxygen atoms in total. The van der Waals surface area contributed by atoms with Crippen LogP contribution in [-0.4, -0.2) is 23.7 Å². The van der Waals surface area contributed by atoms with E-state index in [0.717, 1.165) is 41.9 Å². The van der Waals surface area contributed by atoms with Crippen LogP contribution in [-0.2, 0) is 24.0 Å². The van der Waals surface area contributed by atoms with Crippen LogP contribution >= 0.6 is 23.6 Å². The standard InChI is InChI=1S/C21H24N2O2S2/c1-3-25-20(24)18-15-9-5-7-11-17(15)27-19(18)22-21(26)23-13(2)12-14-8-4-6-10-16(14)23/h4,6,8,10,13H,3,5,7,9,11-12H2,1-2H3,(H,22,26). The molecule has 0 amide bonds. The molecule has 0 radical (unpaired) electrons. The summed E-state index contributed by atoms with van der Waals surface area (Å²) in [5.74, 6) is -0.239. The largest absolute Gasteiger partial charge is 0.462 e. The number of para-hydroxylation sites is 1. The van der Waals surface area contributed by atoms with E-state index in [1.165, 1.54) is 16.9 Å². The van der Waals surface area contributed by atoms with E-state index in [-0.39, 0.29) is 5.97 Å². The van der Waals surface area contributed by atoms with Crippen molar-refractivity contribution >= 4 is 45.3 Å². The van der Waals surface area contributed by atoms with Gasteiger partial charge in [0.1, 0.15) is 5.00 Å². The molecule has 0 fully saturated rings. The SMILES string of the molecule is CCOC(=O)c1c(NC(=S)N2c3ccccc3CC2C)sc2c1CCCC2. The minimum absolute atomic E-state index is 0.239. The number of hydrogen-bond donors (Lipinski definition) is 1. The quantitative estimate of drug-likeness (QED) is 0.583. The zero-order valence-corrected chi connectivity index (χ0v) is 17.3. The highest BCUT2D eigenvalue weighted by atomic mass is 32.1. The molecular formula is C21H24N2O2S2. The number of rotatable bonds is 3. The first-order valence-corrected chi connectivity index (χ1v) is 10.8. The summed E-state index contributed by atoms with van der Waals surface area (Å²) in [5, 5.41) is 4.88. The number of nitrogens with one attached hydrogen (secondary N) is 1. The van der Waals surface area contributed by atoms with Crippen molar-refractivity contribution in [1.82, 2.24) is 0 Å². The molecule has 0 saturated heterocycles. The number of nitrogens with zero attached hydrogens (tertiary/aromatic N) is 1. The molecule has 142 valence electrons. The van der Waals surface area contributed by atoms with E-state index in [2.05, 4.69) is 35.3 Å². The maximum Gasteiger partial charge on any atom is 0.341 e. The molecule has 1 aromatic carbocycles. The van der Waals surface area contributed by atoms with Crippen molar-refractivity contribution in [2.45, 2.75) is 52.0 Å². The van der Waals surface area contributed by atoms with Crippen molar-refractivity contribution in [2.24, 2.45) is 0 Å². The van der Waals surface area contributed by atoms with Crippen LogP contribution in [0.1, 0.15) is 53.1 Å². The number of ether oxygens (including phenoxy) is 1. The summed E-state index contributed by atoms with van der Waals surface area (Å²) in [6, 6.07) is 8.67. The smallest absolute Gasteiger partial charge is 0.341 e.